The van der Waals surface area contributed by atoms with Crippen LogP contribution in [0, 0.1) is 6.92 Å². The van der Waals surface area contributed by atoms with Gasteiger partial charge in [0.15, 0.2) is 5.13 Å². The maximum Gasteiger partial charge on any atom is 0.272 e. The van der Waals surface area contributed by atoms with E-state index in [2.05, 4.69) is 20.9 Å². The third kappa shape index (κ3) is 9.15. The van der Waals surface area contributed by atoms with Crippen LogP contribution >= 0.6 is 34.7 Å². The predicted octanol–water partition coefficient (Wildman–Crippen LogP) is 9.65. The molecule has 0 bridgehead atoms. The van der Waals surface area contributed by atoms with Crippen molar-refractivity contribution < 1.29 is 14.4 Å². The molecule has 1 atom stereocenters. The van der Waals surface area contributed by atoms with Gasteiger partial charge < -0.3 is 16.0 Å². The molecule has 248 valence electrons. The molecule has 5 aromatic carbocycles. The number of carbonyl (C=O) groups excluding carboxylic acids is 3. The van der Waals surface area contributed by atoms with Gasteiger partial charge in [0.1, 0.15) is 10.9 Å². The Labute approximate surface area is 303 Å². The molecule has 50 heavy (non-hydrogen) atoms. The molecule has 6 rings (SSSR count). The van der Waals surface area contributed by atoms with E-state index in [1.807, 2.05) is 79.0 Å². The lowest BCUT2D eigenvalue weighted by molar-refractivity contribution is -0.116. The molecule has 0 aliphatic carbocycles. The number of rotatable bonds is 11. The topological polar surface area (TPSA) is 100 Å². The van der Waals surface area contributed by atoms with Crippen molar-refractivity contribution in [3.8, 4) is 11.3 Å². The van der Waals surface area contributed by atoms with Gasteiger partial charge in [-0.25, -0.2) is 4.98 Å². The average molecular weight is 715 g/mol. The zero-order valence-electron chi connectivity index (χ0n) is 26.8. The maximum absolute atomic E-state index is 13.8. The molecular formula is C40H31ClN4O3S2. The van der Waals surface area contributed by atoms with Crippen LogP contribution in [0.3, 0.4) is 0 Å². The highest BCUT2D eigenvalue weighted by atomic mass is 35.5. The molecule has 0 spiro atoms. The van der Waals surface area contributed by atoms with Crippen molar-refractivity contribution in [2.75, 3.05) is 10.6 Å². The highest BCUT2D eigenvalue weighted by molar-refractivity contribution is 8.00. The Morgan fingerprint density at radius 2 is 1.50 bits per heavy atom. The summed E-state index contributed by atoms with van der Waals surface area (Å²) in [7, 11) is 0. The fraction of sp³-hybridized carbons (Fsp3) is 0.0500. The van der Waals surface area contributed by atoms with Gasteiger partial charge >= 0.3 is 0 Å². The number of amides is 3. The first kappa shape index (κ1) is 34.4. The summed E-state index contributed by atoms with van der Waals surface area (Å²) in [5, 5.41) is 11.0. The molecule has 7 nitrogen and oxygen atoms in total. The Kier molecular flexibility index (Phi) is 11.2. The van der Waals surface area contributed by atoms with Crippen LogP contribution in [-0.4, -0.2) is 22.7 Å². The predicted molar refractivity (Wildman–Crippen MR) is 204 cm³/mol. The van der Waals surface area contributed by atoms with Crippen molar-refractivity contribution in [1.29, 1.82) is 0 Å². The second-order valence-corrected chi connectivity index (χ2v) is 13.7. The molecule has 6 aromatic rings. The molecule has 0 saturated carbocycles. The molecule has 1 unspecified atom stereocenters. The van der Waals surface area contributed by atoms with E-state index < -0.39 is 17.1 Å². The Morgan fingerprint density at radius 3 is 2.22 bits per heavy atom. The molecule has 3 N–H and O–H groups in total. The SMILES string of the molecule is Cc1ccc(-c2csc(NC(=O)C(Sc3cccc(NC(=O)/C(=C/c4ccc(Cl)cc4)NC(=O)c4ccccc4)c3)c3ccccc3)n2)cc1. The summed E-state index contributed by atoms with van der Waals surface area (Å²) in [4.78, 5) is 45.9. The lowest BCUT2D eigenvalue weighted by Crippen LogP contribution is -2.30. The fourth-order valence-corrected chi connectivity index (χ4v) is 6.84. The van der Waals surface area contributed by atoms with E-state index in [-0.39, 0.29) is 11.6 Å². The van der Waals surface area contributed by atoms with E-state index in [4.69, 9.17) is 11.6 Å². The Bertz CT molecular complexity index is 2140. The Morgan fingerprint density at radius 1 is 0.800 bits per heavy atom. The van der Waals surface area contributed by atoms with Crippen molar-refractivity contribution in [3.63, 3.8) is 0 Å². The summed E-state index contributed by atoms with van der Waals surface area (Å²) in [6.07, 6.45) is 1.59. The van der Waals surface area contributed by atoms with Crippen LogP contribution in [-0.2, 0) is 9.59 Å². The van der Waals surface area contributed by atoms with Gasteiger partial charge in [0.05, 0.1) is 5.69 Å². The van der Waals surface area contributed by atoms with E-state index in [9.17, 15) is 14.4 Å². The molecule has 0 fully saturated rings. The fourth-order valence-electron chi connectivity index (χ4n) is 4.91. The van der Waals surface area contributed by atoms with Crippen LogP contribution in [0.1, 0.15) is 32.3 Å². The van der Waals surface area contributed by atoms with E-state index in [1.54, 1.807) is 72.8 Å². The van der Waals surface area contributed by atoms with Crippen molar-refractivity contribution >= 4 is 69.3 Å². The minimum absolute atomic E-state index is 0.0502. The third-order valence-electron chi connectivity index (χ3n) is 7.48. The summed E-state index contributed by atoms with van der Waals surface area (Å²) in [5.41, 5.74) is 5.38. The summed E-state index contributed by atoms with van der Waals surface area (Å²) in [6, 6.07) is 40.4. The number of hydrogen-bond donors (Lipinski definition) is 3. The van der Waals surface area contributed by atoms with E-state index in [0.29, 0.717) is 27.0 Å². The number of halogens is 1. The van der Waals surface area contributed by atoms with Crippen molar-refractivity contribution in [2.45, 2.75) is 17.1 Å². The first-order valence-corrected chi connectivity index (χ1v) is 17.7. The molecule has 0 aliphatic rings. The van der Waals surface area contributed by atoms with Gasteiger partial charge in [0.2, 0.25) is 5.91 Å². The number of nitrogens with zero attached hydrogens (tertiary/aromatic N) is 1. The molecule has 0 aliphatic heterocycles. The minimum Gasteiger partial charge on any atom is -0.321 e. The second kappa shape index (κ2) is 16.3. The normalized spacial score (nSPS) is 11.8. The first-order valence-electron chi connectivity index (χ1n) is 15.6. The summed E-state index contributed by atoms with van der Waals surface area (Å²) in [5.74, 6) is -1.16. The van der Waals surface area contributed by atoms with Gasteiger partial charge in [-0.15, -0.1) is 23.1 Å². The molecule has 0 radical (unpaired) electrons. The zero-order valence-corrected chi connectivity index (χ0v) is 29.2. The molecule has 0 saturated heterocycles. The quantitative estimate of drug-likeness (QED) is 0.0917. The lowest BCUT2D eigenvalue weighted by Gasteiger charge is -2.17. The van der Waals surface area contributed by atoms with Crippen LogP contribution in [0.4, 0.5) is 10.8 Å². The van der Waals surface area contributed by atoms with Gasteiger partial charge in [-0.3, -0.25) is 14.4 Å². The average Bonchev–Trinajstić information content (AvgIpc) is 3.60. The smallest absolute Gasteiger partial charge is 0.272 e. The van der Waals surface area contributed by atoms with Crippen LogP contribution in [0.15, 0.2) is 149 Å². The first-order chi connectivity index (χ1) is 24.3. The largest absolute Gasteiger partial charge is 0.321 e. The Hall–Kier alpha value is -5.48. The van der Waals surface area contributed by atoms with Crippen molar-refractivity contribution in [2.24, 2.45) is 0 Å². The molecule has 10 heteroatoms. The number of thiazole rings is 1. The number of thioether (sulfide) groups is 1. The minimum atomic E-state index is -0.612. The van der Waals surface area contributed by atoms with Crippen LogP contribution in [0.2, 0.25) is 5.02 Å². The Balaban J connectivity index is 1.20. The van der Waals surface area contributed by atoms with E-state index in [1.165, 1.54) is 23.1 Å². The number of anilines is 2. The van der Waals surface area contributed by atoms with Crippen molar-refractivity contribution in [1.82, 2.24) is 10.3 Å². The summed E-state index contributed by atoms with van der Waals surface area (Å²) >= 11 is 8.78. The summed E-state index contributed by atoms with van der Waals surface area (Å²) < 4.78 is 0. The number of hydrogen-bond acceptors (Lipinski definition) is 6. The molecule has 3 amide bonds. The second-order valence-electron chi connectivity index (χ2n) is 11.2. The maximum atomic E-state index is 13.8. The number of carbonyl (C=O) groups is 3. The number of aryl methyl sites for hydroxylation is 1. The highest BCUT2D eigenvalue weighted by Crippen LogP contribution is 2.38. The number of aromatic nitrogens is 1. The van der Waals surface area contributed by atoms with Gasteiger partial charge in [-0.05, 0) is 66.6 Å². The molecular weight excluding hydrogens is 684 g/mol. The van der Waals surface area contributed by atoms with Gasteiger partial charge in [0, 0.05) is 32.1 Å². The molecule has 1 aromatic heterocycles. The van der Waals surface area contributed by atoms with Crippen molar-refractivity contribution in [3.05, 3.63) is 172 Å². The zero-order chi connectivity index (χ0) is 34.9. The van der Waals surface area contributed by atoms with Gasteiger partial charge in [-0.1, -0.05) is 108 Å². The lowest BCUT2D eigenvalue weighted by atomic mass is 10.1. The third-order valence-corrected chi connectivity index (χ3v) is 9.74. The van der Waals surface area contributed by atoms with Gasteiger partial charge in [0.25, 0.3) is 11.8 Å². The number of nitrogens with one attached hydrogen (secondary N) is 3. The monoisotopic (exact) mass is 714 g/mol. The highest BCUT2D eigenvalue weighted by Gasteiger charge is 2.24. The van der Waals surface area contributed by atoms with Crippen LogP contribution in [0.5, 0.6) is 0 Å². The number of benzene rings is 5. The molecule has 1 heterocycles. The van der Waals surface area contributed by atoms with Crippen LogP contribution in [0.25, 0.3) is 17.3 Å². The standard InChI is InChI=1S/C40H31ClN4O3S2/c1-26-15-19-28(20-16-26)35-25-49-40(44-35)45-39(48)36(29-9-4-2-5-10-29)50-33-14-8-13-32(24-33)42-38(47)34(23-27-17-21-31(41)22-18-27)43-37(46)30-11-6-3-7-12-30/h2-25,36H,1H3,(H,42,47)(H,43,46)(H,44,45,48)/b34-23-. The van der Waals surface area contributed by atoms with Crippen LogP contribution < -0.4 is 16.0 Å². The summed E-state index contributed by atoms with van der Waals surface area (Å²) in [6.45, 7) is 2.03. The van der Waals surface area contributed by atoms with Gasteiger partial charge in [-0.2, -0.15) is 0 Å². The van der Waals surface area contributed by atoms with E-state index >= 15 is 0 Å². The van der Waals surface area contributed by atoms with E-state index in [0.717, 1.165) is 27.3 Å².